The third-order valence-corrected chi connectivity index (χ3v) is 5.43. The monoisotopic (exact) mass is 526 g/mol. The Bertz CT molecular complexity index is 911. The van der Waals surface area contributed by atoms with Crippen molar-refractivity contribution in [1.29, 1.82) is 0 Å². The highest BCUT2D eigenvalue weighted by Crippen LogP contribution is 2.21. The average Bonchev–Trinajstić information content (AvgIpc) is 3.38. The number of aliphatic imine (C=N–C) groups is 1. The molecular weight excluding hydrogens is 499 g/mol. The Labute approximate surface area is 192 Å². The van der Waals surface area contributed by atoms with Crippen LogP contribution in [0.15, 0.2) is 46.9 Å². The summed E-state index contributed by atoms with van der Waals surface area (Å²) in [5, 5.41) is 6.39. The van der Waals surface area contributed by atoms with Crippen LogP contribution in [0, 0.1) is 0 Å². The first-order valence-electron chi connectivity index (χ1n) is 9.09. The van der Waals surface area contributed by atoms with E-state index in [2.05, 4.69) is 42.8 Å². The van der Waals surface area contributed by atoms with Gasteiger partial charge in [0.1, 0.15) is 16.9 Å². The molecule has 0 aliphatic carbocycles. The van der Waals surface area contributed by atoms with Gasteiger partial charge in [0, 0.05) is 26.6 Å². The molecule has 0 bridgehead atoms. The van der Waals surface area contributed by atoms with Crippen molar-refractivity contribution in [3.05, 3.63) is 58.4 Å². The van der Waals surface area contributed by atoms with E-state index < -0.39 is 0 Å². The second kappa shape index (κ2) is 11.3. The number of benzene rings is 1. The Hall–Kier alpha value is -1.98. The van der Waals surface area contributed by atoms with Gasteiger partial charge in [-0.05, 0) is 12.5 Å². The smallest absolute Gasteiger partial charge is 0.194 e. The van der Waals surface area contributed by atoms with Crippen LogP contribution < -0.4 is 5.32 Å². The molecule has 0 spiro atoms. The minimum Gasteiger partial charge on any atom is -0.375 e. The van der Waals surface area contributed by atoms with E-state index in [4.69, 9.17) is 4.74 Å². The van der Waals surface area contributed by atoms with Crippen LogP contribution in [0.1, 0.15) is 29.6 Å². The van der Waals surface area contributed by atoms with E-state index in [9.17, 15) is 0 Å². The number of guanidine groups is 1. The van der Waals surface area contributed by atoms with Crippen LogP contribution in [-0.4, -0.2) is 47.0 Å². The van der Waals surface area contributed by atoms with Crippen LogP contribution in [-0.2, 0) is 17.8 Å². The summed E-state index contributed by atoms with van der Waals surface area (Å²) in [5.41, 5.74) is 3.12. The standard InChI is InChI=1S/C20H26N6OS.HI/c1-14(27-4)19-24-16(13-28-19)12-26(3)20(21-2)23-11-18-22-10-17(25-18)15-8-6-5-7-9-15;/h5-10,13-14H,11-12H2,1-4H3,(H,21,23)(H,22,25);1H. The molecule has 2 N–H and O–H groups in total. The predicted molar refractivity (Wildman–Crippen MR) is 129 cm³/mol. The van der Waals surface area contributed by atoms with Crippen molar-refractivity contribution in [3.63, 3.8) is 0 Å². The molecule has 9 heteroatoms. The van der Waals surface area contributed by atoms with Gasteiger partial charge in [-0.2, -0.15) is 0 Å². The van der Waals surface area contributed by atoms with E-state index in [1.807, 2.05) is 43.3 Å². The summed E-state index contributed by atoms with van der Waals surface area (Å²) in [7, 11) is 5.46. The number of hydrogen-bond donors (Lipinski definition) is 2. The van der Waals surface area contributed by atoms with Gasteiger partial charge in [-0.25, -0.2) is 9.97 Å². The number of halogens is 1. The number of aromatic amines is 1. The Morgan fingerprint density at radius 3 is 2.79 bits per heavy atom. The minimum atomic E-state index is 0. The van der Waals surface area contributed by atoms with E-state index in [1.54, 1.807) is 25.5 Å². The number of imidazole rings is 1. The fourth-order valence-electron chi connectivity index (χ4n) is 2.76. The summed E-state index contributed by atoms with van der Waals surface area (Å²) >= 11 is 1.62. The molecule has 0 amide bonds. The van der Waals surface area contributed by atoms with Crippen LogP contribution >= 0.6 is 35.3 Å². The van der Waals surface area contributed by atoms with Gasteiger partial charge < -0.3 is 19.9 Å². The second-order valence-corrected chi connectivity index (χ2v) is 7.31. The summed E-state index contributed by atoms with van der Waals surface area (Å²) in [6.45, 7) is 3.23. The van der Waals surface area contributed by atoms with Gasteiger partial charge in [0.05, 0.1) is 30.7 Å². The molecule has 29 heavy (non-hydrogen) atoms. The van der Waals surface area contributed by atoms with Crippen molar-refractivity contribution in [2.24, 2.45) is 4.99 Å². The zero-order valence-electron chi connectivity index (χ0n) is 17.0. The molecular formula is C20H27IN6OS. The van der Waals surface area contributed by atoms with Crippen molar-refractivity contribution in [2.75, 3.05) is 21.2 Å². The summed E-state index contributed by atoms with van der Waals surface area (Å²) in [6.07, 6.45) is 1.87. The number of methoxy groups -OCH3 is 1. The summed E-state index contributed by atoms with van der Waals surface area (Å²) in [5.74, 6) is 1.64. The fourth-order valence-corrected chi connectivity index (χ4v) is 3.61. The van der Waals surface area contributed by atoms with Crippen molar-refractivity contribution in [3.8, 4) is 11.3 Å². The second-order valence-electron chi connectivity index (χ2n) is 6.42. The number of ether oxygens (including phenoxy) is 1. The van der Waals surface area contributed by atoms with Crippen LogP contribution in [0.4, 0.5) is 0 Å². The van der Waals surface area contributed by atoms with Gasteiger partial charge >= 0.3 is 0 Å². The number of H-pyrrole nitrogens is 1. The van der Waals surface area contributed by atoms with Crippen LogP contribution in [0.25, 0.3) is 11.3 Å². The third-order valence-electron chi connectivity index (χ3n) is 4.37. The number of aromatic nitrogens is 3. The molecule has 2 aromatic heterocycles. The number of thiazole rings is 1. The third kappa shape index (κ3) is 6.25. The lowest BCUT2D eigenvalue weighted by molar-refractivity contribution is 0.119. The zero-order valence-corrected chi connectivity index (χ0v) is 20.2. The molecule has 0 radical (unpaired) electrons. The Morgan fingerprint density at radius 2 is 2.10 bits per heavy atom. The lowest BCUT2D eigenvalue weighted by Crippen LogP contribution is -2.38. The Kier molecular flexibility index (Phi) is 9.05. The maximum absolute atomic E-state index is 5.33. The summed E-state index contributed by atoms with van der Waals surface area (Å²) in [4.78, 5) is 18.9. The van der Waals surface area contributed by atoms with Crippen molar-refractivity contribution < 1.29 is 4.74 Å². The number of nitrogens with one attached hydrogen (secondary N) is 2. The Morgan fingerprint density at radius 1 is 1.34 bits per heavy atom. The Balaban J connectivity index is 0.00000300. The van der Waals surface area contributed by atoms with E-state index >= 15 is 0 Å². The van der Waals surface area contributed by atoms with Crippen molar-refractivity contribution in [1.82, 2.24) is 25.2 Å². The largest absolute Gasteiger partial charge is 0.375 e. The molecule has 0 aliphatic rings. The number of rotatable bonds is 7. The molecule has 1 aromatic carbocycles. The molecule has 1 atom stereocenters. The molecule has 3 rings (SSSR count). The summed E-state index contributed by atoms with van der Waals surface area (Å²) < 4.78 is 5.33. The van der Waals surface area contributed by atoms with E-state index in [0.29, 0.717) is 13.1 Å². The number of hydrogen-bond acceptors (Lipinski definition) is 5. The molecule has 1 unspecified atom stereocenters. The molecule has 2 heterocycles. The SMILES string of the molecule is CN=C(NCc1ncc(-c2ccccc2)[nH]1)N(C)Cc1csc(C(C)OC)n1.I. The molecule has 156 valence electrons. The van der Waals surface area contributed by atoms with Gasteiger partial charge in [0.15, 0.2) is 5.96 Å². The number of nitrogens with zero attached hydrogens (tertiary/aromatic N) is 4. The van der Waals surface area contributed by atoms with Gasteiger partial charge in [0.25, 0.3) is 0 Å². The van der Waals surface area contributed by atoms with Gasteiger partial charge in [0.2, 0.25) is 0 Å². The lowest BCUT2D eigenvalue weighted by Gasteiger charge is -2.20. The quantitative estimate of drug-likeness (QED) is 0.276. The van der Waals surface area contributed by atoms with Crippen LogP contribution in [0.5, 0.6) is 0 Å². The first-order valence-corrected chi connectivity index (χ1v) is 9.97. The van der Waals surface area contributed by atoms with Crippen LogP contribution in [0.3, 0.4) is 0 Å². The lowest BCUT2D eigenvalue weighted by atomic mass is 10.2. The first-order chi connectivity index (χ1) is 13.6. The summed E-state index contributed by atoms with van der Waals surface area (Å²) in [6, 6.07) is 10.2. The first kappa shape index (κ1) is 23.3. The van der Waals surface area contributed by atoms with Crippen molar-refractivity contribution >= 4 is 41.3 Å². The van der Waals surface area contributed by atoms with E-state index in [1.165, 1.54) is 0 Å². The molecule has 0 aliphatic heterocycles. The molecule has 7 nitrogen and oxygen atoms in total. The topological polar surface area (TPSA) is 78.4 Å². The molecule has 0 saturated carbocycles. The highest BCUT2D eigenvalue weighted by molar-refractivity contribution is 14.0. The molecule has 0 fully saturated rings. The average molecular weight is 526 g/mol. The molecule has 3 aromatic rings. The van der Waals surface area contributed by atoms with Crippen LogP contribution in [0.2, 0.25) is 0 Å². The maximum atomic E-state index is 5.33. The van der Waals surface area contributed by atoms with E-state index in [-0.39, 0.29) is 30.1 Å². The van der Waals surface area contributed by atoms with Gasteiger partial charge in [-0.1, -0.05) is 30.3 Å². The predicted octanol–water partition coefficient (Wildman–Crippen LogP) is 4.07. The fraction of sp³-hybridized carbons (Fsp3) is 0.350. The van der Waals surface area contributed by atoms with Crippen molar-refractivity contribution in [2.45, 2.75) is 26.1 Å². The highest BCUT2D eigenvalue weighted by atomic mass is 127. The normalized spacial score (nSPS) is 12.3. The minimum absolute atomic E-state index is 0. The van der Waals surface area contributed by atoms with Gasteiger partial charge in [-0.15, -0.1) is 35.3 Å². The van der Waals surface area contributed by atoms with Gasteiger partial charge in [-0.3, -0.25) is 4.99 Å². The highest BCUT2D eigenvalue weighted by Gasteiger charge is 2.13. The molecule has 0 saturated heterocycles. The maximum Gasteiger partial charge on any atom is 0.194 e. The van der Waals surface area contributed by atoms with E-state index in [0.717, 1.165) is 33.7 Å². The zero-order chi connectivity index (χ0) is 19.9.